The Morgan fingerprint density at radius 1 is 1.20 bits per heavy atom. The highest BCUT2D eigenvalue weighted by molar-refractivity contribution is 5.47. The van der Waals surface area contributed by atoms with E-state index >= 15 is 0 Å². The van der Waals surface area contributed by atoms with Crippen LogP contribution in [-0.2, 0) is 6.42 Å². The Morgan fingerprint density at radius 3 is 2.13 bits per heavy atom. The first-order valence-corrected chi connectivity index (χ1v) is 5.79. The Kier molecular flexibility index (Phi) is 5.79. The van der Waals surface area contributed by atoms with Crippen LogP contribution in [-0.4, -0.2) is 13.1 Å². The molecule has 1 fully saturated rings. The van der Waals surface area contributed by atoms with Gasteiger partial charge in [0.1, 0.15) is 0 Å². The van der Waals surface area contributed by atoms with Gasteiger partial charge in [-0.1, -0.05) is 43.8 Å². The van der Waals surface area contributed by atoms with Crippen LogP contribution in [0.1, 0.15) is 30.9 Å². The van der Waals surface area contributed by atoms with Gasteiger partial charge in [0, 0.05) is 0 Å². The highest BCUT2D eigenvalue weighted by Crippen LogP contribution is 2.05. The van der Waals surface area contributed by atoms with Crippen molar-refractivity contribution in [2.24, 2.45) is 0 Å². The molecule has 1 N–H and O–H groups in total. The maximum absolute atomic E-state index is 3.69. The minimum absolute atomic E-state index is 1.11. The third-order valence-corrected chi connectivity index (χ3v) is 2.58. The SMILES string of the molecule is C1CCNC1.C=Cc1ccc(CC)cc1. The van der Waals surface area contributed by atoms with E-state index in [1.807, 2.05) is 6.08 Å². The molecule has 0 atom stereocenters. The van der Waals surface area contributed by atoms with Gasteiger partial charge in [-0.25, -0.2) is 0 Å². The van der Waals surface area contributed by atoms with Crippen molar-refractivity contribution >= 4 is 6.08 Å². The van der Waals surface area contributed by atoms with E-state index in [-0.39, 0.29) is 0 Å². The molecule has 82 valence electrons. The first kappa shape index (κ1) is 12.0. The fourth-order valence-corrected chi connectivity index (χ4v) is 1.51. The van der Waals surface area contributed by atoms with Gasteiger partial charge >= 0.3 is 0 Å². The smallest absolute Gasteiger partial charge is 0.00484 e. The van der Waals surface area contributed by atoms with Gasteiger partial charge in [-0.05, 0) is 43.5 Å². The lowest BCUT2D eigenvalue weighted by Crippen LogP contribution is -2.03. The molecule has 1 aromatic carbocycles. The van der Waals surface area contributed by atoms with Crippen molar-refractivity contribution in [2.45, 2.75) is 26.2 Å². The summed E-state index contributed by atoms with van der Waals surface area (Å²) < 4.78 is 0. The maximum atomic E-state index is 3.69. The fourth-order valence-electron chi connectivity index (χ4n) is 1.51. The topological polar surface area (TPSA) is 12.0 Å². The zero-order valence-electron chi connectivity index (χ0n) is 9.63. The average Bonchev–Trinajstić information content (AvgIpc) is 2.88. The molecular formula is C14H21N. The number of hydrogen-bond donors (Lipinski definition) is 1. The summed E-state index contributed by atoms with van der Waals surface area (Å²) in [5.74, 6) is 0. The molecule has 1 nitrogen and oxygen atoms in total. The minimum Gasteiger partial charge on any atom is -0.317 e. The number of aryl methyl sites for hydroxylation is 1. The number of nitrogens with one attached hydrogen (secondary N) is 1. The lowest BCUT2D eigenvalue weighted by Gasteiger charge is -1.95. The van der Waals surface area contributed by atoms with Crippen molar-refractivity contribution in [3.8, 4) is 0 Å². The van der Waals surface area contributed by atoms with Crippen molar-refractivity contribution in [1.29, 1.82) is 0 Å². The van der Waals surface area contributed by atoms with E-state index in [9.17, 15) is 0 Å². The van der Waals surface area contributed by atoms with E-state index in [0.29, 0.717) is 0 Å². The van der Waals surface area contributed by atoms with Crippen LogP contribution >= 0.6 is 0 Å². The second-order valence-electron chi connectivity index (χ2n) is 3.76. The van der Waals surface area contributed by atoms with Gasteiger partial charge in [0.05, 0.1) is 0 Å². The lowest BCUT2D eigenvalue weighted by molar-refractivity contribution is 0.857. The van der Waals surface area contributed by atoms with Crippen LogP contribution in [0.5, 0.6) is 0 Å². The summed E-state index contributed by atoms with van der Waals surface area (Å²) in [5.41, 5.74) is 2.57. The molecule has 0 spiro atoms. The Morgan fingerprint density at radius 2 is 1.80 bits per heavy atom. The molecule has 1 heterocycles. The van der Waals surface area contributed by atoms with Crippen LogP contribution in [0.4, 0.5) is 0 Å². The van der Waals surface area contributed by atoms with Crippen molar-refractivity contribution in [3.63, 3.8) is 0 Å². The normalized spacial score (nSPS) is 14.2. The van der Waals surface area contributed by atoms with E-state index in [2.05, 4.69) is 43.1 Å². The molecule has 1 heteroatoms. The molecule has 15 heavy (non-hydrogen) atoms. The molecule has 0 bridgehead atoms. The summed E-state index contributed by atoms with van der Waals surface area (Å²) in [6.45, 7) is 8.34. The number of hydrogen-bond acceptors (Lipinski definition) is 1. The zero-order valence-corrected chi connectivity index (χ0v) is 9.63. The summed E-state index contributed by atoms with van der Waals surface area (Å²) in [5, 5.41) is 3.22. The number of rotatable bonds is 2. The molecule has 0 amide bonds. The van der Waals surface area contributed by atoms with Crippen molar-refractivity contribution in [3.05, 3.63) is 42.0 Å². The van der Waals surface area contributed by atoms with Gasteiger partial charge in [0.25, 0.3) is 0 Å². The van der Waals surface area contributed by atoms with Crippen molar-refractivity contribution < 1.29 is 0 Å². The van der Waals surface area contributed by atoms with Gasteiger partial charge < -0.3 is 5.32 Å². The zero-order chi connectivity index (χ0) is 10.9. The molecule has 1 aromatic rings. The quantitative estimate of drug-likeness (QED) is 0.778. The Balaban J connectivity index is 0.000000187. The van der Waals surface area contributed by atoms with Crippen molar-refractivity contribution in [2.75, 3.05) is 13.1 Å². The van der Waals surface area contributed by atoms with Crippen molar-refractivity contribution in [1.82, 2.24) is 5.32 Å². The summed E-state index contributed by atoms with van der Waals surface area (Å²) >= 11 is 0. The van der Waals surface area contributed by atoms with Crippen LogP contribution in [0.25, 0.3) is 6.08 Å². The third-order valence-electron chi connectivity index (χ3n) is 2.58. The molecule has 0 unspecified atom stereocenters. The molecule has 1 aliphatic rings. The minimum atomic E-state index is 1.11. The predicted molar refractivity (Wildman–Crippen MR) is 68.0 cm³/mol. The monoisotopic (exact) mass is 203 g/mol. The molecule has 0 aliphatic carbocycles. The lowest BCUT2D eigenvalue weighted by atomic mass is 10.1. The molecule has 0 radical (unpaired) electrons. The molecule has 0 saturated carbocycles. The van der Waals surface area contributed by atoms with E-state index in [4.69, 9.17) is 0 Å². The summed E-state index contributed by atoms with van der Waals surface area (Å²) in [7, 11) is 0. The molecule has 0 aromatic heterocycles. The van der Waals surface area contributed by atoms with Crippen LogP contribution < -0.4 is 5.32 Å². The Labute approximate surface area is 93.2 Å². The van der Waals surface area contributed by atoms with E-state index in [1.165, 1.54) is 37.1 Å². The summed E-state index contributed by atoms with van der Waals surface area (Å²) in [4.78, 5) is 0. The van der Waals surface area contributed by atoms with Gasteiger partial charge in [0.15, 0.2) is 0 Å². The number of benzene rings is 1. The summed E-state index contributed by atoms with van der Waals surface area (Å²) in [6, 6.07) is 8.45. The first-order chi connectivity index (χ1) is 7.36. The van der Waals surface area contributed by atoms with E-state index in [0.717, 1.165) is 6.42 Å². The summed E-state index contributed by atoms with van der Waals surface area (Å²) in [6.07, 6.45) is 5.75. The van der Waals surface area contributed by atoms with Gasteiger partial charge in [-0.2, -0.15) is 0 Å². The fraction of sp³-hybridized carbons (Fsp3) is 0.429. The largest absolute Gasteiger partial charge is 0.317 e. The Bertz CT molecular complexity index is 262. The first-order valence-electron chi connectivity index (χ1n) is 5.79. The second-order valence-corrected chi connectivity index (χ2v) is 3.76. The van der Waals surface area contributed by atoms with Crippen LogP contribution in [0, 0.1) is 0 Å². The maximum Gasteiger partial charge on any atom is -0.00484 e. The van der Waals surface area contributed by atoms with E-state index < -0.39 is 0 Å². The molecular weight excluding hydrogens is 182 g/mol. The Hall–Kier alpha value is -1.08. The predicted octanol–water partition coefficient (Wildman–Crippen LogP) is 3.26. The van der Waals surface area contributed by atoms with Crippen LogP contribution in [0.15, 0.2) is 30.8 Å². The van der Waals surface area contributed by atoms with Crippen LogP contribution in [0.2, 0.25) is 0 Å². The van der Waals surface area contributed by atoms with Gasteiger partial charge in [-0.15, -0.1) is 0 Å². The standard InChI is InChI=1S/C10H12.C4H9N/c1-3-9-5-7-10(4-2)8-6-9;1-2-4-5-3-1/h3,5-8H,1,4H2,2H3;5H,1-4H2. The van der Waals surface area contributed by atoms with Gasteiger partial charge in [0.2, 0.25) is 0 Å². The highest BCUT2D eigenvalue weighted by Gasteiger charge is 1.93. The molecule has 1 saturated heterocycles. The van der Waals surface area contributed by atoms with Gasteiger partial charge in [-0.3, -0.25) is 0 Å². The average molecular weight is 203 g/mol. The molecule has 2 rings (SSSR count). The molecule has 1 aliphatic heterocycles. The van der Waals surface area contributed by atoms with Crippen LogP contribution in [0.3, 0.4) is 0 Å². The highest BCUT2D eigenvalue weighted by atomic mass is 14.9. The second kappa shape index (κ2) is 7.24. The third kappa shape index (κ3) is 4.80. The van der Waals surface area contributed by atoms with E-state index in [1.54, 1.807) is 0 Å².